The van der Waals surface area contributed by atoms with Crippen molar-refractivity contribution in [1.29, 1.82) is 0 Å². The summed E-state index contributed by atoms with van der Waals surface area (Å²) in [6, 6.07) is 10.6. The van der Waals surface area contributed by atoms with E-state index in [0.717, 1.165) is 6.07 Å². The predicted octanol–water partition coefficient (Wildman–Crippen LogP) is 3.42. The van der Waals surface area contributed by atoms with Crippen LogP contribution in [0.15, 0.2) is 51.7 Å². The van der Waals surface area contributed by atoms with Crippen molar-refractivity contribution >= 4 is 28.2 Å². The van der Waals surface area contributed by atoms with Gasteiger partial charge in [0.1, 0.15) is 0 Å². The summed E-state index contributed by atoms with van der Waals surface area (Å²) in [5.41, 5.74) is 0.0115. The van der Waals surface area contributed by atoms with Crippen LogP contribution in [0.3, 0.4) is 0 Å². The lowest BCUT2D eigenvalue weighted by Crippen LogP contribution is -2.03. The minimum Gasteiger partial charge on any atom is -0.403 e. The Morgan fingerprint density at radius 3 is 2.71 bits per heavy atom. The van der Waals surface area contributed by atoms with E-state index >= 15 is 0 Å². The molecule has 0 aliphatic heterocycles. The van der Waals surface area contributed by atoms with Gasteiger partial charge in [-0.25, -0.2) is 9.78 Å². The van der Waals surface area contributed by atoms with E-state index in [1.54, 1.807) is 24.3 Å². The fraction of sp³-hybridized carbons (Fsp3) is 0. The molecule has 0 saturated heterocycles. The number of nitro benzene ring substituents is 1. The second kappa shape index (κ2) is 4.99. The van der Waals surface area contributed by atoms with Gasteiger partial charge in [0.25, 0.3) is 5.69 Å². The summed E-state index contributed by atoms with van der Waals surface area (Å²) in [7, 11) is 0. The Morgan fingerprint density at radius 2 is 2.00 bits per heavy atom. The average molecular weight is 303 g/mol. The first-order chi connectivity index (χ1) is 10.0. The Kier molecular flexibility index (Phi) is 3.15. The third kappa shape index (κ3) is 2.48. The molecule has 0 aliphatic carbocycles. The number of hydrogen-bond acceptors (Lipinski definition) is 5. The number of fused-ring (bicyclic) bond motifs is 1. The maximum absolute atomic E-state index is 12.0. The second-order valence-corrected chi connectivity index (χ2v) is 4.71. The summed E-state index contributed by atoms with van der Waals surface area (Å²) >= 11 is 5.89. The smallest absolute Gasteiger partial charge is 0.347 e. The van der Waals surface area contributed by atoms with Crippen LogP contribution in [0.1, 0.15) is 0 Å². The predicted molar refractivity (Wildman–Crippen MR) is 77.4 cm³/mol. The molecule has 0 spiro atoms. The van der Waals surface area contributed by atoms with Crippen molar-refractivity contribution < 1.29 is 9.34 Å². The third-order valence-electron chi connectivity index (χ3n) is 2.89. The normalized spacial score (nSPS) is 10.7. The molecule has 0 saturated carbocycles. The summed E-state index contributed by atoms with van der Waals surface area (Å²) in [5, 5.41) is 11.3. The zero-order valence-corrected chi connectivity index (χ0v) is 11.2. The molecule has 1 heterocycles. The van der Waals surface area contributed by atoms with Crippen molar-refractivity contribution in [2.75, 3.05) is 0 Å². The largest absolute Gasteiger partial charge is 0.403 e. The van der Waals surface area contributed by atoms with Crippen LogP contribution < -0.4 is 5.63 Å². The summed E-state index contributed by atoms with van der Waals surface area (Å²) in [6.07, 6.45) is 0. The number of nitro groups is 1. The molecule has 0 radical (unpaired) electrons. The quantitative estimate of drug-likeness (QED) is 0.535. The maximum atomic E-state index is 12.0. The molecular weight excluding hydrogens is 296 g/mol. The monoisotopic (exact) mass is 302 g/mol. The molecule has 7 heteroatoms. The maximum Gasteiger partial charge on any atom is 0.347 e. The van der Waals surface area contributed by atoms with Crippen molar-refractivity contribution in [3.05, 3.63) is 68.0 Å². The highest BCUT2D eigenvalue weighted by Gasteiger charge is 2.13. The molecule has 104 valence electrons. The Balaban J connectivity index is 2.23. The number of aromatic nitrogens is 1. The van der Waals surface area contributed by atoms with Gasteiger partial charge < -0.3 is 4.42 Å². The summed E-state index contributed by atoms with van der Waals surface area (Å²) in [4.78, 5) is 26.3. The molecule has 3 aromatic rings. The summed E-state index contributed by atoms with van der Waals surface area (Å²) < 4.78 is 5.12. The van der Waals surface area contributed by atoms with Gasteiger partial charge in [0.15, 0.2) is 0 Å². The highest BCUT2D eigenvalue weighted by molar-refractivity contribution is 6.30. The highest BCUT2D eigenvalue weighted by atomic mass is 35.5. The van der Waals surface area contributed by atoms with Gasteiger partial charge in [-0.05, 0) is 24.3 Å². The Hall–Kier alpha value is -2.73. The summed E-state index contributed by atoms with van der Waals surface area (Å²) in [5.74, 6) is 0.115. The molecule has 6 nitrogen and oxygen atoms in total. The van der Waals surface area contributed by atoms with E-state index in [1.165, 1.54) is 12.1 Å². The van der Waals surface area contributed by atoms with Gasteiger partial charge in [-0.1, -0.05) is 17.7 Å². The van der Waals surface area contributed by atoms with Crippen LogP contribution in [0, 0.1) is 10.1 Å². The van der Waals surface area contributed by atoms with Crippen molar-refractivity contribution in [2.24, 2.45) is 0 Å². The minimum atomic E-state index is -0.682. The lowest BCUT2D eigenvalue weighted by molar-refractivity contribution is -0.384. The number of non-ortho nitro benzene ring substituents is 1. The van der Waals surface area contributed by atoms with E-state index in [9.17, 15) is 14.9 Å². The van der Waals surface area contributed by atoms with E-state index in [1.807, 2.05) is 0 Å². The van der Waals surface area contributed by atoms with Crippen molar-refractivity contribution in [2.45, 2.75) is 0 Å². The van der Waals surface area contributed by atoms with E-state index in [-0.39, 0.29) is 17.0 Å². The molecule has 2 aromatic carbocycles. The SMILES string of the molecule is O=c1oc(-c2cccc(Cl)c2)nc2ccc([N+](=O)[O-])cc12. The minimum absolute atomic E-state index is 0.0648. The molecule has 0 bridgehead atoms. The second-order valence-electron chi connectivity index (χ2n) is 4.28. The number of hydrogen-bond donors (Lipinski definition) is 0. The molecule has 0 fully saturated rings. The lowest BCUT2D eigenvalue weighted by atomic mass is 10.2. The fourth-order valence-corrected chi connectivity index (χ4v) is 2.11. The van der Waals surface area contributed by atoms with Crippen LogP contribution in [0.25, 0.3) is 22.4 Å². The van der Waals surface area contributed by atoms with Crippen LogP contribution in [0.5, 0.6) is 0 Å². The van der Waals surface area contributed by atoms with Gasteiger partial charge in [0.2, 0.25) is 5.89 Å². The van der Waals surface area contributed by atoms with Crippen LogP contribution in [0.2, 0.25) is 5.02 Å². The zero-order chi connectivity index (χ0) is 15.0. The summed E-state index contributed by atoms with van der Waals surface area (Å²) in [6.45, 7) is 0. The van der Waals surface area contributed by atoms with E-state index in [4.69, 9.17) is 16.0 Å². The van der Waals surface area contributed by atoms with Gasteiger partial charge in [-0.15, -0.1) is 0 Å². The number of halogens is 1. The first-order valence-corrected chi connectivity index (χ1v) is 6.27. The Bertz CT molecular complexity index is 920. The van der Waals surface area contributed by atoms with Crippen LogP contribution in [-0.2, 0) is 0 Å². The van der Waals surface area contributed by atoms with Gasteiger partial charge in [-0.3, -0.25) is 10.1 Å². The number of rotatable bonds is 2. The lowest BCUT2D eigenvalue weighted by Gasteiger charge is -2.02. The topological polar surface area (TPSA) is 86.2 Å². The Morgan fingerprint density at radius 1 is 1.19 bits per heavy atom. The molecule has 0 unspecified atom stereocenters. The van der Waals surface area contributed by atoms with Gasteiger partial charge in [-0.2, -0.15) is 0 Å². The molecule has 0 amide bonds. The van der Waals surface area contributed by atoms with Crippen molar-refractivity contribution in [3.63, 3.8) is 0 Å². The first-order valence-electron chi connectivity index (χ1n) is 5.90. The van der Waals surface area contributed by atoms with E-state index in [2.05, 4.69) is 4.98 Å². The third-order valence-corrected chi connectivity index (χ3v) is 3.13. The van der Waals surface area contributed by atoms with E-state index < -0.39 is 10.5 Å². The molecule has 3 rings (SSSR count). The van der Waals surface area contributed by atoms with Gasteiger partial charge in [0.05, 0.1) is 15.8 Å². The van der Waals surface area contributed by atoms with Crippen LogP contribution in [-0.4, -0.2) is 9.91 Å². The number of nitrogens with zero attached hydrogens (tertiary/aromatic N) is 2. The van der Waals surface area contributed by atoms with Crippen LogP contribution in [0.4, 0.5) is 5.69 Å². The van der Waals surface area contributed by atoms with E-state index in [0.29, 0.717) is 16.1 Å². The standard InChI is InChI=1S/C14H7ClN2O4/c15-9-3-1-2-8(6-9)13-16-12-5-4-10(17(19)20)7-11(12)14(18)21-13/h1-7H. The fourth-order valence-electron chi connectivity index (χ4n) is 1.92. The van der Waals surface area contributed by atoms with Gasteiger partial charge in [0, 0.05) is 22.7 Å². The van der Waals surface area contributed by atoms with Crippen molar-refractivity contribution in [1.82, 2.24) is 4.98 Å². The van der Waals surface area contributed by atoms with Gasteiger partial charge >= 0.3 is 5.63 Å². The zero-order valence-electron chi connectivity index (χ0n) is 10.4. The number of benzene rings is 2. The molecule has 1 aromatic heterocycles. The molecule has 21 heavy (non-hydrogen) atoms. The van der Waals surface area contributed by atoms with Crippen LogP contribution >= 0.6 is 11.6 Å². The van der Waals surface area contributed by atoms with Crippen molar-refractivity contribution in [3.8, 4) is 11.5 Å². The first kappa shape index (κ1) is 13.3. The highest BCUT2D eigenvalue weighted by Crippen LogP contribution is 2.23. The molecule has 0 atom stereocenters. The molecule has 0 N–H and O–H groups in total. The Labute approximate surface area is 122 Å². The average Bonchev–Trinajstić information content (AvgIpc) is 2.46. The molecular formula is C14H7ClN2O4. The molecule has 0 aliphatic rings.